The molecule has 0 saturated carbocycles. The Morgan fingerprint density at radius 3 is 2.41 bits per heavy atom. The summed E-state index contributed by atoms with van der Waals surface area (Å²) in [7, 11) is -3.61. The first kappa shape index (κ1) is 21.3. The Labute approximate surface area is 174 Å². The van der Waals surface area contributed by atoms with E-state index >= 15 is 0 Å². The van der Waals surface area contributed by atoms with Crippen LogP contribution in [0.3, 0.4) is 0 Å². The largest absolute Gasteiger partial charge is 0.329 e. The van der Waals surface area contributed by atoms with Gasteiger partial charge in [-0.1, -0.05) is 61.4 Å². The van der Waals surface area contributed by atoms with E-state index in [0.717, 1.165) is 11.4 Å². The molecule has 0 bridgehead atoms. The van der Waals surface area contributed by atoms with Crippen molar-refractivity contribution in [2.75, 3.05) is 6.54 Å². The Bertz CT molecular complexity index is 1050. The number of rotatable bonds is 8. The van der Waals surface area contributed by atoms with Gasteiger partial charge in [0, 0.05) is 25.5 Å². The van der Waals surface area contributed by atoms with Crippen LogP contribution in [0, 0.1) is 19.8 Å². The molecule has 0 saturated heterocycles. The van der Waals surface area contributed by atoms with Crippen molar-refractivity contribution >= 4 is 10.0 Å². The highest BCUT2D eigenvalue weighted by molar-refractivity contribution is 7.89. The molecule has 0 unspecified atom stereocenters. The van der Waals surface area contributed by atoms with Crippen LogP contribution in [0.15, 0.2) is 65.8 Å². The maximum absolute atomic E-state index is 13.3. The van der Waals surface area contributed by atoms with Crippen molar-refractivity contribution in [2.24, 2.45) is 5.92 Å². The lowest BCUT2D eigenvalue weighted by atomic mass is 10.1. The van der Waals surface area contributed by atoms with E-state index in [0.29, 0.717) is 18.0 Å². The van der Waals surface area contributed by atoms with Gasteiger partial charge in [0.2, 0.25) is 10.0 Å². The molecule has 0 radical (unpaired) electrons. The van der Waals surface area contributed by atoms with Gasteiger partial charge >= 0.3 is 0 Å². The summed E-state index contributed by atoms with van der Waals surface area (Å²) in [6.07, 6.45) is 3.64. The highest BCUT2D eigenvalue weighted by atomic mass is 32.2. The van der Waals surface area contributed by atoms with Crippen LogP contribution < -0.4 is 0 Å². The molecular formula is C23H29N3O2S. The predicted molar refractivity (Wildman–Crippen MR) is 116 cm³/mol. The molecule has 154 valence electrons. The molecule has 1 aromatic heterocycles. The Morgan fingerprint density at radius 2 is 1.76 bits per heavy atom. The lowest BCUT2D eigenvalue weighted by Gasteiger charge is -2.24. The fraction of sp³-hybridized carbons (Fsp3) is 0.348. The second kappa shape index (κ2) is 8.93. The summed E-state index contributed by atoms with van der Waals surface area (Å²) in [5.41, 5.74) is 3.40. The van der Waals surface area contributed by atoms with Crippen LogP contribution in [-0.2, 0) is 23.1 Å². The summed E-state index contributed by atoms with van der Waals surface area (Å²) >= 11 is 0. The second-order valence-corrected chi connectivity index (χ2v) is 9.90. The smallest absolute Gasteiger partial charge is 0.243 e. The summed E-state index contributed by atoms with van der Waals surface area (Å²) < 4.78 is 30.2. The molecule has 0 fully saturated rings. The Kier molecular flexibility index (Phi) is 6.55. The summed E-state index contributed by atoms with van der Waals surface area (Å²) in [4.78, 5) is 4.78. The Balaban J connectivity index is 1.88. The first-order valence-corrected chi connectivity index (χ1v) is 11.3. The third kappa shape index (κ3) is 5.34. The van der Waals surface area contributed by atoms with E-state index in [1.165, 1.54) is 15.4 Å². The van der Waals surface area contributed by atoms with Crippen LogP contribution in [0.1, 0.15) is 36.4 Å². The van der Waals surface area contributed by atoms with E-state index in [2.05, 4.69) is 30.1 Å². The SMILES string of the molecule is Cc1ccc(S(=O)(=O)N(Cc2nccn2Cc2cccc(C)c2)CC(C)C)cc1. The fourth-order valence-electron chi connectivity index (χ4n) is 3.31. The number of imidazole rings is 1. The van der Waals surface area contributed by atoms with Crippen molar-refractivity contribution in [1.29, 1.82) is 0 Å². The average molecular weight is 412 g/mol. The monoisotopic (exact) mass is 411 g/mol. The maximum atomic E-state index is 13.3. The summed E-state index contributed by atoms with van der Waals surface area (Å²) in [6, 6.07) is 15.3. The molecule has 0 aliphatic heterocycles. The van der Waals surface area contributed by atoms with E-state index in [4.69, 9.17) is 0 Å². The number of benzene rings is 2. The van der Waals surface area contributed by atoms with Gasteiger partial charge in [0.25, 0.3) is 0 Å². The molecule has 0 aliphatic rings. The average Bonchev–Trinajstić information content (AvgIpc) is 3.08. The molecule has 3 aromatic rings. The van der Waals surface area contributed by atoms with Crippen LogP contribution in [0.2, 0.25) is 0 Å². The number of aryl methyl sites for hydroxylation is 2. The molecule has 0 atom stereocenters. The highest BCUT2D eigenvalue weighted by Gasteiger charge is 2.26. The minimum atomic E-state index is -3.61. The van der Waals surface area contributed by atoms with Crippen LogP contribution in [-0.4, -0.2) is 28.8 Å². The van der Waals surface area contributed by atoms with Crippen molar-refractivity contribution in [3.05, 3.63) is 83.4 Å². The molecule has 0 spiro atoms. The Morgan fingerprint density at radius 1 is 1.03 bits per heavy atom. The Hall–Kier alpha value is -2.44. The van der Waals surface area contributed by atoms with Gasteiger partial charge in [-0.15, -0.1) is 0 Å². The van der Waals surface area contributed by atoms with Crippen molar-refractivity contribution in [3.63, 3.8) is 0 Å². The van der Waals surface area contributed by atoms with Gasteiger partial charge in [-0.2, -0.15) is 4.31 Å². The minimum Gasteiger partial charge on any atom is -0.329 e. The topological polar surface area (TPSA) is 55.2 Å². The minimum absolute atomic E-state index is 0.204. The molecule has 2 aromatic carbocycles. The van der Waals surface area contributed by atoms with Gasteiger partial charge in [-0.3, -0.25) is 0 Å². The van der Waals surface area contributed by atoms with Gasteiger partial charge in [0.05, 0.1) is 11.4 Å². The molecule has 0 aliphatic carbocycles. The maximum Gasteiger partial charge on any atom is 0.243 e. The molecule has 6 heteroatoms. The summed E-state index contributed by atoms with van der Waals surface area (Å²) in [5.74, 6) is 0.943. The normalized spacial score (nSPS) is 12.1. The van der Waals surface area contributed by atoms with Crippen molar-refractivity contribution in [2.45, 2.75) is 45.7 Å². The second-order valence-electron chi connectivity index (χ2n) is 7.96. The summed E-state index contributed by atoms with van der Waals surface area (Å²) in [6.45, 7) is 9.41. The molecule has 0 amide bonds. The number of nitrogens with zero attached hydrogens (tertiary/aromatic N) is 3. The first-order chi connectivity index (χ1) is 13.8. The van der Waals surface area contributed by atoms with Crippen LogP contribution in [0.4, 0.5) is 0 Å². The standard InChI is InChI=1S/C23H29N3O2S/c1-18(2)15-26(29(27,28)22-10-8-19(3)9-11-22)17-23-24-12-13-25(23)16-21-7-5-6-20(4)14-21/h5-14,18H,15-17H2,1-4H3. The highest BCUT2D eigenvalue weighted by Crippen LogP contribution is 2.20. The molecule has 29 heavy (non-hydrogen) atoms. The molecule has 5 nitrogen and oxygen atoms in total. The van der Waals surface area contributed by atoms with Crippen molar-refractivity contribution < 1.29 is 8.42 Å². The van der Waals surface area contributed by atoms with Crippen molar-refractivity contribution in [3.8, 4) is 0 Å². The van der Waals surface area contributed by atoms with Gasteiger partial charge in [-0.25, -0.2) is 13.4 Å². The molecular weight excluding hydrogens is 382 g/mol. The predicted octanol–water partition coefficient (Wildman–Crippen LogP) is 4.40. The van der Waals surface area contributed by atoms with E-state index in [-0.39, 0.29) is 12.5 Å². The lowest BCUT2D eigenvalue weighted by molar-refractivity contribution is 0.351. The number of hydrogen-bond acceptors (Lipinski definition) is 3. The summed E-state index contributed by atoms with van der Waals surface area (Å²) in [5, 5.41) is 0. The van der Waals surface area contributed by atoms with Gasteiger partial charge in [0.15, 0.2) is 0 Å². The van der Waals surface area contributed by atoms with Crippen LogP contribution in [0.25, 0.3) is 0 Å². The first-order valence-electron chi connectivity index (χ1n) is 9.88. The molecule has 1 heterocycles. The lowest BCUT2D eigenvalue weighted by Crippen LogP contribution is -2.34. The quantitative estimate of drug-likeness (QED) is 0.552. The third-order valence-corrected chi connectivity index (χ3v) is 6.61. The van der Waals surface area contributed by atoms with Crippen LogP contribution in [0.5, 0.6) is 0 Å². The number of hydrogen-bond donors (Lipinski definition) is 0. The van der Waals surface area contributed by atoms with E-state index in [9.17, 15) is 8.42 Å². The van der Waals surface area contributed by atoms with Gasteiger partial charge in [0.1, 0.15) is 5.82 Å². The molecule has 3 rings (SSSR count). The van der Waals surface area contributed by atoms with E-state index in [1.807, 2.05) is 49.7 Å². The molecule has 0 N–H and O–H groups in total. The van der Waals surface area contributed by atoms with E-state index < -0.39 is 10.0 Å². The van der Waals surface area contributed by atoms with Gasteiger partial charge in [-0.05, 0) is 37.5 Å². The zero-order valence-corrected chi connectivity index (χ0v) is 18.4. The third-order valence-electron chi connectivity index (χ3n) is 4.78. The van der Waals surface area contributed by atoms with Gasteiger partial charge < -0.3 is 4.57 Å². The zero-order chi connectivity index (χ0) is 21.0. The number of aromatic nitrogens is 2. The fourth-order valence-corrected chi connectivity index (χ4v) is 4.87. The van der Waals surface area contributed by atoms with Crippen molar-refractivity contribution in [1.82, 2.24) is 13.9 Å². The van der Waals surface area contributed by atoms with E-state index in [1.54, 1.807) is 18.3 Å². The van der Waals surface area contributed by atoms with Crippen LogP contribution >= 0.6 is 0 Å². The number of sulfonamides is 1. The zero-order valence-electron chi connectivity index (χ0n) is 17.5.